The van der Waals surface area contributed by atoms with Crippen LogP contribution in [0.15, 0.2) is 146 Å². The number of nitrogens with one attached hydrogen (secondary N) is 1. The molecule has 0 spiro atoms. The number of ketones is 1. The Hall–Kier alpha value is -5.94. The van der Waals surface area contributed by atoms with Gasteiger partial charge in [-0.3, -0.25) is 19.3 Å². The molecule has 1 saturated heterocycles. The van der Waals surface area contributed by atoms with Crippen LogP contribution in [0.5, 0.6) is 0 Å². The molecule has 1 fully saturated rings. The molecule has 10 rings (SSSR count). The average Bonchev–Trinajstić information content (AvgIpc) is 3.27. The highest BCUT2D eigenvalue weighted by Gasteiger charge is 2.44. The van der Waals surface area contributed by atoms with Gasteiger partial charge in [-0.15, -0.1) is 0 Å². The number of hydrogen-bond donors (Lipinski definition) is 1. The Morgan fingerprint density at radius 1 is 0.526 bits per heavy atom. The number of rotatable bonds is 11. The van der Waals surface area contributed by atoms with Gasteiger partial charge in [0, 0.05) is 73.2 Å². The number of piperazine rings is 1. The Balaban J connectivity index is 0.920. The van der Waals surface area contributed by atoms with Crippen LogP contribution in [0.25, 0.3) is 43.1 Å². The lowest BCUT2D eigenvalue weighted by molar-refractivity contribution is -0.119. The summed E-state index contributed by atoms with van der Waals surface area (Å²) in [6, 6.07) is 50.9. The highest BCUT2D eigenvalue weighted by Crippen LogP contribution is 2.56. The number of nitrogens with zero attached hydrogens (tertiary/aromatic N) is 2. The lowest BCUT2D eigenvalue weighted by atomic mass is 9.84. The van der Waals surface area contributed by atoms with E-state index >= 15 is 0 Å². The molecule has 8 aromatic rings. The molecule has 0 aromatic heterocycles. The standard InChI is InChI=1S/C50H43N3O3P/c54-34(12-11-33-57(35-13-4-1-5-14-35,36-15-6-2-7-16-36)37-17-8-3-9-18-37)27-30-53-49(55)43-23-21-40-38-19-10-20-42-45(52-31-28-51-29-32-52)26-25-39(46(38)42)41-22-24-44(50(53)56)48(43)47(40)41/h1-10,13-26,51H,11-12,27-33H2/q+1. The zero-order chi connectivity index (χ0) is 38.5. The van der Waals surface area contributed by atoms with Gasteiger partial charge in [0.2, 0.25) is 0 Å². The van der Waals surface area contributed by atoms with Crippen molar-refractivity contribution >= 4 is 89.6 Å². The molecule has 2 amide bonds. The molecule has 57 heavy (non-hydrogen) atoms. The molecule has 0 saturated carbocycles. The molecule has 6 nitrogen and oxygen atoms in total. The van der Waals surface area contributed by atoms with Crippen LogP contribution in [0.2, 0.25) is 0 Å². The van der Waals surface area contributed by atoms with Crippen LogP contribution < -0.4 is 26.1 Å². The fourth-order valence-electron chi connectivity index (χ4n) is 9.67. The van der Waals surface area contributed by atoms with Crippen LogP contribution in [0.1, 0.15) is 40.0 Å². The predicted octanol–water partition coefficient (Wildman–Crippen LogP) is 8.48. The average molecular weight is 765 g/mol. The summed E-state index contributed by atoms with van der Waals surface area (Å²) in [5.74, 6) is -0.600. The van der Waals surface area contributed by atoms with Crippen molar-refractivity contribution in [2.45, 2.75) is 19.3 Å². The first-order chi connectivity index (χ1) is 28.0. The SMILES string of the molecule is O=C(CCC[P+](c1ccccc1)(c1ccccc1)c1ccccc1)CCN1C(=O)c2ccc3c4cccc5c(N6CCNCC6)ccc(c6ccc(c2c36)C1=O)c54. The van der Waals surface area contributed by atoms with Gasteiger partial charge >= 0.3 is 0 Å². The Morgan fingerprint density at radius 3 is 1.61 bits per heavy atom. The fraction of sp³-hybridized carbons (Fsp3) is 0.180. The molecule has 0 atom stereocenters. The largest absolute Gasteiger partial charge is 0.368 e. The predicted molar refractivity (Wildman–Crippen MR) is 237 cm³/mol. The Kier molecular flexibility index (Phi) is 9.04. The molecule has 0 radical (unpaired) electrons. The van der Waals surface area contributed by atoms with Crippen LogP contribution in [-0.4, -0.2) is 61.4 Å². The third-order valence-electron chi connectivity index (χ3n) is 12.3. The minimum atomic E-state index is -2.06. The number of amides is 2. The minimum Gasteiger partial charge on any atom is -0.368 e. The smallest absolute Gasteiger partial charge is 0.261 e. The van der Waals surface area contributed by atoms with E-state index in [1.54, 1.807) is 0 Å². The zero-order valence-corrected chi connectivity index (χ0v) is 32.7. The Morgan fingerprint density at radius 2 is 1.04 bits per heavy atom. The van der Waals surface area contributed by atoms with Crippen molar-refractivity contribution in [2.75, 3.05) is 43.8 Å². The van der Waals surface area contributed by atoms with Crippen molar-refractivity contribution in [2.24, 2.45) is 0 Å². The second kappa shape index (κ2) is 14.5. The van der Waals surface area contributed by atoms with Gasteiger partial charge in [-0.05, 0) is 93.3 Å². The number of fused-ring (bicyclic) bond motifs is 2. The van der Waals surface area contributed by atoms with Crippen LogP contribution in [0.3, 0.4) is 0 Å². The highest BCUT2D eigenvalue weighted by atomic mass is 31.2. The van der Waals surface area contributed by atoms with E-state index in [9.17, 15) is 14.4 Å². The van der Waals surface area contributed by atoms with Gasteiger partial charge < -0.3 is 10.2 Å². The van der Waals surface area contributed by atoms with Crippen molar-refractivity contribution in [1.29, 1.82) is 0 Å². The summed E-state index contributed by atoms with van der Waals surface area (Å²) in [6.07, 6.45) is 2.05. The summed E-state index contributed by atoms with van der Waals surface area (Å²) in [4.78, 5) is 45.8. The minimum absolute atomic E-state index is 0.0591. The first-order valence-corrected chi connectivity index (χ1v) is 22.1. The van der Waals surface area contributed by atoms with E-state index in [1.807, 2.05) is 12.1 Å². The Labute approximate surface area is 332 Å². The lowest BCUT2D eigenvalue weighted by Crippen LogP contribution is -2.43. The molecule has 2 heterocycles. The summed E-state index contributed by atoms with van der Waals surface area (Å²) < 4.78 is 0. The summed E-state index contributed by atoms with van der Waals surface area (Å²) >= 11 is 0. The van der Waals surface area contributed by atoms with E-state index in [0.29, 0.717) is 24.0 Å². The maximum Gasteiger partial charge on any atom is 0.261 e. The van der Waals surface area contributed by atoms with Crippen LogP contribution in [0, 0.1) is 0 Å². The fourth-order valence-corrected chi connectivity index (χ4v) is 14.0. The molecule has 2 aliphatic rings. The second-order valence-corrected chi connectivity index (χ2v) is 19.0. The van der Waals surface area contributed by atoms with E-state index in [0.717, 1.165) is 64.7 Å². The van der Waals surface area contributed by atoms with Gasteiger partial charge in [0.15, 0.2) is 0 Å². The van der Waals surface area contributed by atoms with Gasteiger partial charge in [-0.25, -0.2) is 0 Å². The van der Waals surface area contributed by atoms with Crippen molar-refractivity contribution in [3.05, 3.63) is 157 Å². The van der Waals surface area contributed by atoms with E-state index in [-0.39, 0.29) is 30.6 Å². The number of anilines is 1. The number of hydrogen-bond acceptors (Lipinski definition) is 5. The molecule has 280 valence electrons. The van der Waals surface area contributed by atoms with E-state index in [1.165, 1.54) is 37.3 Å². The monoisotopic (exact) mass is 764 g/mol. The number of carbonyl (C=O) groups excluding carboxylic acids is 3. The van der Waals surface area contributed by atoms with E-state index in [4.69, 9.17) is 0 Å². The van der Waals surface area contributed by atoms with Crippen LogP contribution in [0.4, 0.5) is 5.69 Å². The first kappa shape index (κ1) is 35.5. The van der Waals surface area contributed by atoms with Crippen LogP contribution >= 0.6 is 7.26 Å². The molecule has 0 aliphatic carbocycles. The number of imide groups is 1. The number of Topliss-reactive ketones (excluding diaryl/α,β-unsaturated/α-hetero) is 1. The topological polar surface area (TPSA) is 69.7 Å². The molecule has 2 aliphatic heterocycles. The lowest BCUT2D eigenvalue weighted by Gasteiger charge is -2.31. The summed E-state index contributed by atoms with van der Waals surface area (Å²) in [5.41, 5.74) is 2.29. The van der Waals surface area contributed by atoms with Gasteiger partial charge in [-0.2, -0.15) is 0 Å². The summed E-state index contributed by atoms with van der Waals surface area (Å²) in [5, 5.41) is 15.8. The summed E-state index contributed by atoms with van der Waals surface area (Å²) in [6.45, 7) is 3.91. The number of carbonyl (C=O) groups is 3. The van der Waals surface area contributed by atoms with Crippen molar-refractivity contribution in [3.63, 3.8) is 0 Å². The van der Waals surface area contributed by atoms with E-state index in [2.05, 4.69) is 144 Å². The third-order valence-corrected chi connectivity index (χ3v) is 16.8. The van der Waals surface area contributed by atoms with Gasteiger partial charge in [0.1, 0.15) is 29.0 Å². The van der Waals surface area contributed by atoms with Crippen molar-refractivity contribution in [3.8, 4) is 0 Å². The molecular formula is C50H43N3O3P+. The maximum atomic E-state index is 14.2. The molecule has 0 bridgehead atoms. The van der Waals surface area contributed by atoms with E-state index < -0.39 is 7.26 Å². The summed E-state index contributed by atoms with van der Waals surface area (Å²) in [7, 11) is -2.06. The van der Waals surface area contributed by atoms with Crippen molar-refractivity contribution in [1.82, 2.24) is 10.2 Å². The van der Waals surface area contributed by atoms with Gasteiger partial charge in [0.25, 0.3) is 11.8 Å². The van der Waals surface area contributed by atoms with Crippen molar-refractivity contribution < 1.29 is 14.4 Å². The Bertz CT molecular complexity index is 2650. The zero-order valence-electron chi connectivity index (χ0n) is 31.8. The van der Waals surface area contributed by atoms with Gasteiger partial charge in [-0.1, -0.05) is 91.0 Å². The molecule has 1 N–H and O–H groups in total. The molecule has 8 aromatic carbocycles. The highest BCUT2D eigenvalue weighted by molar-refractivity contribution is 7.95. The normalized spacial score (nSPS) is 14.7. The molecule has 0 unspecified atom stereocenters. The quantitative estimate of drug-likeness (QED) is 0.0620. The van der Waals surface area contributed by atoms with Gasteiger partial charge in [0.05, 0.1) is 6.16 Å². The first-order valence-electron chi connectivity index (χ1n) is 20.1. The molecular weight excluding hydrogens is 722 g/mol. The third kappa shape index (κ3) is 5.81. The van der Waals surface area contributed by atoms with Crippen LogP contribution in [-0.2, 0) is 4.79 Å². The number of benzene rings is 8. The maximum absolute atomic E-state index is 14.2. The molecule has 7 heteroatoms. The second-order valence-electron chi connectivity index (χ2n) is 15.4.